The highest BCUT2D eigenvalue weighted by molar-refractivity contribution is 7.90. The Morgan fingerprint density at radius 3 is 2.61 bits per heavy atom. The van der Waals surface area contributed by atoms with Gasteiger partial charge in [0.05, 0.1) is 23.2 Å². The van der Waals surface area contributed by atoms with Crippen molar-refractivity contribution in [3.63, 3.8) is 0 Å². The molecule has 0 N–H and O–H groups in total. The summed E-state index contributed by atoms with van der Waals surface area (Å²) in [7, 11) is -1.53. The molecule has 2 aliphatic heterocycles. The summed E-state index contributed by atoms with van der Waals surface area (Å²) < 4.78 is 48.5. The maximum Gasteiger partial charge on any atom is 0.269 e. The topological polar surface area (TPSA) is 84.4 Å². The smallest absolute Gasteiger partial charge is 0.269 e. The number of anilines is 2. The Balaban J connectivity index is 0.00000304. The third-order valence-corrected chi connectivity index (χ3v) is 7.92. The number of thiocarbonyl (C=S) groups is 1. The number of imidazole rings is 1. The summed E-state index contributed by atoms with van der Waals surface area (Å²) in [6, 6.07) is 3.94. The number of benzene rings is 1. The third-order valence-electron chi connectivity index (χ3n) is 6.34. The lowest BCUT2D eigenvalue weighted by molar-refractivity contribution is -0.670. The zero-order chi connectivity index (χ0) is 24.7. The largest absolute Gasteiger partial charge is 1.00 e. The second-order valence-corrected chi connectivity index (χ2v) is 11.2. The van der Waals surface area contributed by atoms with Gasteiger partial charge in [-0.25, -0.2) is 27.3 Å². The first kappa shape index (κ1) is 26.7. The fraction of sp³-hybridized carbons (Fsp3) is 0.391. The van der Waals surface area contributed by atoms with Crippen molar-refractivity contribution in [1.29, 1.82) is 0 Å². The Kier molecular flexibility index (Phi) is 7.80. The van der Waals surface area contributed by atoms with Crippen LogP contribution in [0.25, 0.3) is 0 Å². The molecular weight excluding hydrogens is 618 g/mol. The van der Waals surface area contributed by atoms with E-state index in [0.717, 1.165) is 48.9 Å². The molecule has 36 heavy (non-hydrogen) atoms. The van der Waals surface area contributed by atoms with Gasteiger partial charge in [-0.1, -0.05) is 0 Å². The van der Waals surface area contributed by atoms with Gasteiger partial charge in [0.25, 0.3) is 11.4 Å². The van der Waals surface area contributed by atoms with E-state index in [-0.39, 0.29) is 40.7 Å². The minimum absolute atomic E-state index is 0. The Morgan fingerprint density at radius 2 is 1.97 bits per heavy atom. The molecule has 0 atom stereocenters. The van der Waals surface area contributed by atoms with Crippen molar-refractivity contribution in [3.8, 4) is 5.88 Å². The van der Waals surface area contributed by atoms with E-state index >= 15 is 0 Å². The van der Waals surface area contributed by atoms with E-state index in [9.17, 15) is 12.8 Å². The van der Waals surface area contributed by atoms with E-state index in [4.69, 9.17) is 17.0 Å². The second kappa shape index (κ2) is 10.5. The van der Waals surface area contributed by atoms with Gasteiger partial charge >= 0.3 is 0 Å². The third kappa shape index (κ3) is 5.32. The van der Waals surface area contributed by atoms with Gasteiger partial charge in [0.2, 0.25) is 5.88 Å². The Hall–Kier alpha value is -2.39. The van der Waals surface area contributed by atoms with Crippen LogP contribution in [0.2, 0.25) is 0 Å². The highest BCUT2D eigenvalue weighted by Gasteiger charge is 2.31. The van der Waals surface area contributed by atoms with Crippen LogP contribution in [0.1, 0.15) is 18.4 Å². The minimum Gasteiger partial charge on any atom is -1.00 e. The minimum atomic E-state index is -3.49. The number of hydrogen-bond donors (Lipinski definition) is 0. The zero-order valence-corrected chi connectivity index (χ0v) is 23.6. The Morgan fingerprint density at radius 1 is 1.22 bits per heavy atom. The van der Waals surface area contributed by atoms with Crippen molar-refractivity contribution in [3.05, 3.63) is 54.6 Å². The summed E-state index contributed by atoms with van der Waals surface area (Å²) in [4.78, 5) is 12.6. The van der Waals surface area contributed by atoms with Gasteiger partial charge in [0.1, 0.15) is 36.5 Å². The number of aromatic nitrogens is 4. The molecule has 1 saturated heterocycles. The molecule has 5 rings (SSSR count). The molecule has 0 aliphatic carbocycles. The van der Waals surface area contributed by atoms with Crippen LogP contribution >= 0.6 is 12.2 Å². The van der Waals surface area contributed by atoms with Gasteiger partial charge in [-0.05, 0) is 36.8 Å². The number of ether oxygens (including phenoxy) is 1. The van der Waals surface area contributed by atoms with Crippen LogP contribution in [-0.2, 0) is 23.3 Å². The normalized spacial score (nSPS) is 16.0. The number of aryl methyl sites for hydroxylation is 1. The summed E-state index contributed by atoms with van der Waals surface area (Å²) >= 11 is 5.63. The molecule has 0 bridgehead atoms. The average molecular weight is 645 g/mol. The van der Waals surface area contributed by atoms with Gasteiger partial charge < -0.3 is 38.5 Å². The van der Waals surface area contributed by atoms with Gasteiger partial charge in [-0.2, -0.15) is 4.57 Å². The van der Waals surface area contributed by atoms with Crippen molar-refractivity contribution in [2.24, 2.45) is 7.05 Å². The standard InChI is InChI=1S/C23H26FN6O3S2.HI/c1-27-11-12-29(15-27)23(34)28-8-5-16(6-9-28)33-22-18-7-10-30(21(18)25-14-26-22)20-4-3-17(13-19(20)24)35(2,31)32;/h3-4,11-16H,5-10H2,1-2H3;1H/q+1;/p-1. The van der Waals surface area contributed by atoms with E-state index in [0.29, 0.717) is 24.7 Å². The molecule has 3 aromatic rings. The quantitative estimate of drug-likeness (QED) is 0.204. The van der Waals surface area contributed by atoms with Gasteiger partial charge in [-0.15, -0.1) is 0 Å². The molecule has 4 heterocycles. The van der Waals surface area contributed by atoms with Crippen LogP contribution in [-0.4, -0.2) is 65.0 Å². The highest BCUT2D eigenvalue weighted by atomic mass is 127. The molecule has 192 valence electrons. The highest BCUT2D eigenvalue weighted by Crippen LogP contribution is 2.38. The molecule has 0 spiro atoms. The van der Waals surface area contributed by atoms with Crippen LogP contribution in [0.15, 0.2) is 48.1 Å². The molecule has 0 unspecified atom stereocenters. The monoisotopic (exact) mass is 644 g/mol. The predicted molar refractivity (Wildman–Crippen MR) is 131 cm³/mol. The number of halogens is 2. The van der Waals surface area contributed by atoms with Crippen LogP contribution in [0, 0.1) is 5.82 Å². The van der Waals surface area contributed by atoms with Crippen LogP contribution in [0.5, 0.6) is 5.88 Å². The summed E-state index contributed by atoms with van der Waals surface area (Å²) in [6.45, 7) is 2.06. The van der Waals surface area contributed by atoms with E-state index in [1.54, 1.807) is 4.90 Å². The van der Waals surface area contributed by atoms with Crippen LogP contribution < -0.4 is 38.2 Å². The number of rotatable bonds is 4. The Bertz CT molecular complexity index is 1390. The van der Waals surface area contributed by atoms with Crippen molar-refractivity contribution < 1.29 is 46.1 Å². The molecule has 1 aromatic carbocycles. The van der Waals surface area contributed by atoms with Gasteiger partial charge in [0, 0.05) is 38.7 Å². The predicted octanol–water partition coefficient (Wildman–Crippen LogP) is -0.980. The molecule has 1 fully saturated rings. The zero-order valence-electron chi connectivity index (χ0n) is 19.8. The van der Waals surface area contributed by atoms with Crippen molar-refractivity contribution in [1.82, 2.24) is 19.4 Å². The molecule has 13 heteroatoms. The van der Waals surface area contributed by atoms with E-state index < -0.39 is 15.7 Å². The lowest BCUT2D eigenvalue weighted by Crippen LogP contribution is -3.00. The molecule has 2 aromatic heterocycles. The second-order valence-electron chi connectivity index (χ2n) is 8.84. The molecule has 2 aliphatic rings. The lowest BCUT2D eigenvalue weighted by atomic mass is 10.1. The lowest BCUT2D eigenvalue weighted by Gasteiger charge is -2.32. The van der Waals surface area contributed by atoms with Crippen LogP contribution in [0.3, 0.4) is 0 Å². The number of fused-ring (bicyclic) bond motifs is 1. The molecular formula is C23H26FIN6O3S2. The number of hydrogen-bond acceptors (Lipinski definition) is 7. The molecule has 9 nitrogen and oxygen atoms in total. The number of likely N-dealkylation sites (tertiary alicyclic amines) is 1. The van der Waals surface area contributed by atoms with Crippen molar-refractivity contribution in [2.75, 3.05) is 30.8 Å². The maximum atomic E-state index is 14.8. The Labute approximate surface area is 231 Å². The molecule has 0 saturated carbocycles. The molecule has 0 amide bonds. The average Bonchev–Trinajstić information content (AvgIpc) is 3.45. The van der Waals surface area contributed by atoms with E-state index in [2.05, 4.69) is 14.9 Å². The fourth-order valence-corrected chi connectivity index (χ4v) is 5.41. The first-order valence-electron chi connectivity index (χ1n) is 11.3. The fourth-order valence-electron chi connectivity index (χ4n) is 4.49. The van der Waals surface area contributed by atoms with Gasteiger partial charge in [0.15, 0.2) is 9.84 Å². The van der Waals surface area contributed by atoms with Crippen molar-refractivity contribution in [2.45, 2.75) is 30.3 Å². The maximum absolute atomic E-state index is 14.8. The van der Waals surface area contributed by atoms with E-state index in [1.165, 1.54) is 18.5 Å². The summed E-state index contributed by atoms with van der Waals surface area (Å²) in [5.41, 5.74) is 1.11. The summed E-state index contributed by atoms with van der Waals surface area (Å²) in [5, 5.41) is 0.770. The van der Waals surface area contributed by atoms with Gasteiger partial charge in [-0.3, -0.25) is 0 Å². The first-order chi connectivity index (χ1) is 16.7. The summed E-state index contributed by atoms with van der Waals surface area (Å²) in [6.07, 6.45) is 10.5. The number of piperidine rings is 1. The van der Waals surface area contributed by atoms with Crippen molar-refractivity contribution >= 4 is 38.7 Å². The molecule has 0 radical (unpaired) electrons. The van der Waals surface area contributed by atoms with Crippen LogP contribution in [0.4, 0.5) is 15.9 Å². The first-order valence-corrected chi connectivity index (χ1v) is 13.6. The van der Waals surface area contributed by atoms with E-state index in [1.807, 2.05) is 34.9 Å². The number of sulfone groups is 1. The number of nitrogens with zero attached hydrogens (tertiary/aromatic N) is 6. The SMILES string of the molecule is C[n+]1ccn(C(=S)N2CCC(Oc3ncnc4c3CCN4c3ccc(S(C)(=O)=O)cc3F)CC2)c1.[I-]. The summed E-state index contributed by atoms with van der Waals surface area (Å²) in [5.74, 6) is 0.491.